The molecular weight excluding hydrogens is 213 g/mol. The first-order chi connectivity index (χ1) is 7.72. The molecule has 1 atom stereocenters. The number of rotatable bonds is 3. The summed E-state index contributed by atoms with van der Waals surface area (Å²) in [6.45, 7) is -0.307. The fraction of sp³-hybridized carbons (Fsp3) is 0.200. The van der Waals surface area contributed by atoms with E-state index in [2.05, 4.69) is 10.1 Å². The summed E-state index contributed by atoms with van der Waals surface area (Å²) in [5.41, 5.74) is 5.72. The maximum Gasteiger partial charge on any atom is 0.246 e. The monoisotopic (exact) mass is 223 g/mol. The standard InChI is InChI=1S/C10H10FN3O2/c11-7-4-2-1-3-6(7)9-13-10(16-14-9)8(12)5-15/h1-4,8,15H,5,12H2/t8-/m0/s1. The number of aliphatic hydroxyl groups excluding tert-OH is 1. The van der Waals surface area contributed by atoms with Gasteiger partial charge in [-0.2, -0.15) is 4.98 Å². The van der Waals surface area contributed by atoms with Gasteiger partial charge in [0, 0.05) is 0 Å². The molecule has 0 aliphatic carbocycles. The average Bonchev–Trinajstić information content (AvgIpc) is 2.78. The lowest BCUT2D eigenvalue weighted by molar-refractivity contribution is 0.237. The summed E-state index contributed by atoms with van der Waals surface area (Å²) in [6.07, 6.45) is 0. The minimum atomic E-state index is -0.743. The molecule has 84 valence electrons. The zero-order valence-electron chi connectivity index (χ0n) is 8.30. The van der Waals surface area contributed by atoms with Crippen LogP contribution in [0.25, 0.3) is 11.4 Å². The predicted molar refractivity (Wildman–Crippen MR) is 53.7 cm³/mol. The lowest BCUT2D eigenvalue weighted by atomic mass is 10.2. The first-order valence-electron chi connectivity index (χ1n) is 4.67. The van der Waals surface area contributed by atoms with Crippen molar-refractivity contribution < 1.29 is 14.0 Å². The molecule has 3 N–H and O–H groups in total. The lowest BCUT2D eigenvalue weighted by Crippen LogP contribution is -2.14. The Bertz CT molecular complexity index is 486. The predicted octanol–water partition coefficient (Wildman–Crippen LogP) is 0.868. The van der Waals surface area contributed by atoms with Crippen molar-refractivity contribution in [2.45, 2.75) is 6.04 Å². The molecule has 0 unspecified atom stereocenters. The molecule has 1 aromatic heterocycles. The van der Waals surface area contributed by atoms with Gasteiger partial charge in [-0.15, -0.1) is 0 Å². The van der Waals surface area contributed by atoms with Gasteiger partial charge in [0.2, 0.25) is 11.7 Å². The van der Waals surface area contributed by atoms with E-state index >= 15 is 0 Å². The molecule has 0 saturated heterocycles. The van der Waals surface area contributed by atoms with E-state index in [1.807, 2.05) is 0 Å². The molecule has 0 bridgehead atoms. The molecule has 2 rings (SSSR count). The van der Waals surface area contributed by atoms with E-state index in [9.17, 15) is 4.39 Å². The number of halogens is 1. The molecule has 0 saturated carbocycles. The van der Waals surface area contributed by atoms with Crippen LogP contribution in [0.15, 0.2) is 28.8 Å². The first-order valence-corrected chi connectivity index (χ1v) is 4.67. The Balaban J connectivity index is 2.35. The van der Waals surface area contributed by atoms with Crippen LogP contribution in [0.5, 0.6) is 0 Å². The number of nitrogens with zero attached hydrogens (tertiary/aromatic N) is 2. The lowest BCUT2D eigenvalue weighted by Gasteiger charge is -1.98. The summed E-state index contributed by atoms with van der Waals surface area (Å²) in [5.74, 6) is -0.231. The second kappa shape index (κ2) is 4.38. The van der Waals surface area contributed by atoms with Gasteiger partial charge in [-0.1, -0.05) is 17.3 Å². The Labute approximate surface area is 90.7 Å². The van der Waals surface area contributed by atoms with Crippen LogP contribution in [-0.4, -0.2) is 21.9 Å². The second-order valence-corrected chi connectivity index (χ2v) is 3.23. The van der Waals surface area contributed by atoms with Crippen molar-refractivity contribution in [1.29, 1.82) is 0 Å². The van der Waals surface area contributed by atoms with Gasteiger partial charge < -0.3 is 15.4 Å². The van der Waals surface area contributed by atoms with E-state index in [-0.39, 0.29) is 23.9 Å². The van der Waals surface area contributed by atoms with Crippen LogP contribution < -0.4 is 5.73 Å². The summed E-state index contributed by atoms with van der Waals surface area (Å²) in [4.78, 5) is 3.91. The largest absolute Gasteiger partial charge is 0.394 e. The number of aromatic nitrogens is 2. The molecule has 0 radical (unpaired) electrons. The minimum absolute atomic E-state index is 0.0840. The van der Waals surface area contributed by atoms with Gasteiger partial charge in [0.15, 0.2) is 0 Å². The van der Waals surface area contributed by atoms with Crippen LogP contribution >= 0.6 is 0 Å². The third kappa shape index (κ3) is 1.93. The number of aliphatic hydroxyl groups is 1. The molecular formula is C10H10FN3O2. The van der Waals surface area contributed by atoms with Crippen molar-refractivity contribution >= 4 is 0 Å². The van der Waals surface area contributed by atoms with Crippen LogP contribution in [-0.2, 0) is 0 Å². The Hall–Kier alpha value is -1.79. The normalized spacial score (nSPS) is 12.7. The minimum Gasteiger partial charge on any atom is -0.394 e. The van der Waals surface area contributed by atoms with Gasteiger partial charge in [0.1, 0.15) is 11.9 Å². The highest BCUT2D eigenvalue weighted by molar-refractivity contribution is 5.54. The SMILES string of the molecule is N[C@@H](CO)c1nc(-c2ccccc2F)no1. The molecule has 0 aliphatic heterocycles. The Morgan fingerprint density at radius 2 is 2.19 bits per heavy atom. The van der Waals surface area contributed by atoms with Gasteiger partial charge in [-0.25, -0.2) is 4.39 Å². The third-order valence-electron chi connectivity index (χ3n) is 2.07. The number of benzene rings is 1. The number of hydrogen-bond donors (Lipinski definition) is 2. The fourth-order valence-electron chi connectivity index (χ4n) is 1.22. The van der Waals surface area contributed by atoms with Gasteiger partial charge in [-0.05, 0) is 12.1 Å². The molecule has 2 aromatic rings. The summed E-state index contributed by atoms with van der Waals surface area (Å²) in [5, 5.41) is 12.4. The molecule has 1 heterocycles. The van der Waals surface area contributed by atoms with Crippen LogP contribution in [0.1, 0.15) is 11.9 Å². The van der Waals surface area contributed by atoms with Crippen molar-refractivity contribution in [1.82, 2.24) is 10.1 Å². The highest BCUT2D eigenvalue weighted by Crippen LogP contribution is 2.20. The zero-order chi connectivity index (χ0) is 11.5. The fourth-order valence-corrected chi connectivity index (χ4v) is 1.22. The summed E-state index contributed by atoms with van der Waals surface area (Å²) in [6, 6.07) is 5.33. The molecule has 1 aromatic carbocycles. The van der Waals surface area contributed by atoms with Crippen molar-refractivity contribution in [2.24, 2.45) is 5.73 Å². The van der Waals surface area contributed by atoms with E-state index in [0.29, 0.717) is 0 Å². The van der Waals surface area contributed by atoms with E-state index in [0.717, 1.165) is 0 Å². The highest BCUT2D eigenvalue weighted by atomic mass is 19.1. The highest BCUT2D eigenvalue weighted by Gasteiger charge is 2.16. The maximum atomic E-state index is 13.4. The van der Waals surface area contributed by atoms with Gasteiger partial charge in [0.05, 0.1) is 12.2 Å². The molecule has 5 nitrogen and oxygen atoms in total. The number of hydrogen-bond acceptors (Lipinski definition) is 5. The van der Waals surface area contributed by atoms with Crippen molar-refractivity contribution in [3.8, 4) is 11.4 Å². The van der Waals surface area contributed by atoms with Crippen LogP contribution in [0.2, 0.25) is 0 Å². The van der Waals surface area contributed by atoms with E-state index < -0.39 is 11.9 Å². The molecule has 6 heteroatoms. The first kappa shape index (κ1) is 10.7. The van der Waals surface area contributed by atoms with Gasteiger partial charge in [-0.3, -0.25) is 0 Å². The molecule has 16 heavy (non-hydrogen) atoms. The van der Waals surface area contributed by atoms with Crippen molar-refractivity contribution in [3.05, 3.63) is 36.0 Å². The van der Waals surface area contributed by atoms with Crippen LogP contribution in [0, 0.1) is 5.82 Å². The topological polar surface area (TPSA) is 85.2 Å². The van der Waals surface area contributed by atoms with Gasteiger partial charge >= 0.3 is 0 Å². The maximum absolute atomic E-state index is 13.4. The second-order valence-electron chi connectivity index (χ2n) is 3.23. The summed E-state index contributed by atoms with van der Waals surface area (Å²) < 4.78 is 18.2. The van der Waals surface area contributed by atoms with E-state index in [4.69, 9.17) is 15.4 Å². The molecule has 0 spiro atoms. The molecule has 0 amide bonds. The van der Waals surface area contributed by atoms with Crippen LogP contribution in [0.3, 0.4) is 0 Å². The summed E-state index contributed by atoms with van der Waals surface area (Å²) >= 11 is 0. The van der Waals surface area contributed by atoms with Crippen molar-refractivity contribution in [2.75, 3.05) is 6.61 Å². The zero-order valence-corrected chi connectivity index (χ0v) is 8.30. The quantitative estimate of drug-likeness (QED) is 0.806. The average molecular weight is 223 g/mol. The number of nitrogens with two attached hydrogens (primary N) is 1. The summed E-state index contributed by atoms with van der Waals surface area (Å²) in [7, 11) is 0. The van der Waals surface area contributed by atoms with E-state index in [1.165, 1.54) is 12.1 Å². The molecule has 0 aliphatic rings. The van der Waals surface area contributed by atoms with Gasteiger partial charge in [0.25, 0.3) is 0 Å². The van der Waals surface area contributed by atoms with Crippen LogP contribution in [0.4, 0.5) is 4.39 Å². The Morgan fingerprint density at radius 1 is 1.44 bits per heavy atom. The smallest absolute Gasteiger partial charge is 0.246 e. The van der Waals surface area contributed by atoms with Crippen molar-refractivity contribution in [3.63, 3.8) is 0 Å². The third-order valence-corrected chi connectivity index (χ3v) is 2.07. The van der Waals surface area contributed by atoms with E-state index in [1.54, 1.807) is 12.1 Å². The Kier molecular flexibility index (Phi) is 2.93. The molecule has 0 fully saturated rings. The Morgan fingerprint density at radius 3 is 2.88 bits per heavy atom.